The lowest BCUT2D eigenvalue weighted by Gasteiger charge is -2.30. The number of hydrogen-bond donors (Lipinski definition) is 4. The van der Waals surface area contributed by atoms with E-state index in [1.165, 1.54) is 0 Å². The maximum absolute atomic E-state index is 10.5. The van der Waals surface area contributed by atoms with E-state index in [1.807, 2.05) is 0 Å². The summed E-state index contributed by atoms with van der Waals surface area (Å²) in [5.74, 6) is -0.714. The number of hydrogen-bond acceptors (Lipinski definition) is 7. The van der Waals surface area contributed by atoms with Crippen LogP contribution in [0.4, 0.5) is 5.82 Å². The first-order valence-electron chi connectivity index (χ1n) is 4.22. The zero-order valence-electron chi connectivity index (χ0n) is 8.18. The molecule has 0 aromatic carbocycles. The van der Waals surface area contributed by atoms with Gasteiger partial charge in [0.15, 0.2) is 12.2 Å². The summed E-state index contributed by atoms with van der Waals surface area (Å²) in [7, 11) is -3.21. The van der Waals surface area contributed by atoms with Crippen molar-refractivity contribution in [2.75, 3.05) is 13.2 Å². The smallest absolute Gasteiger partial charge is 0.343 e. The van der Waals surface area contributed by atoms with Gasteiger partial charge in [-0.05, 0) is 4.92 Å². The first-order valence-corrected chi connectivity index (χ1v) is 5.94. The average Bonchev–Trinajstić information content (AvgIpc) is 2.62. The monoisotopic (exact) mass is 252 g/mol. The Morgan fingerprint density at radius 2 is 2.31 bits per heavy atom. The summed E-state index contributed by atoms with van der Waals surface area (Å²) in [4.78, 5) is 13.4. The Labute approximate surface area is 92.4 Å². The molecule has 1 rings (SSSR count). The molecule has 9 nitrogen and oxygen atoms in total. The van der Waals surface area contributed by atoms with Crippen LogP contribution < -0.4 is 4.72 Å². The molecule has 0 amide bonds. The lowest BCUT2D eigenvalue weighted by atomic mass is 10.8. The SMILES string of the molecule is O=[N+]([O-])c1cncn1CS(O)(O)NCCO. The average molecular weight is 252 g/mol. The second-order valence-electron chi connectivity index (χ2n) is 2.89. The lowest BCUT2D eigenvalue weighted by Crippen LogP contribution is -2.26. The Morgan fingerprint density at radius 1 is 1.62 bits per heavy atom. The van der Waals surface area contributed by atoms with Crippen molar-refractivity contribution in [2.45, 2.75) is 5.88 Å². The van der Waals surface area contributed by atoms with E-state index >= 15 is 0 Å². The van der Waals surface area contributed by atoms with E-state index in [4.69, 9.17) is 5.11 Å². The van der Waals surface area contributed by atoms with E-state index in [-0.39, 0.29) is 24.8 Å². The van der Waals surface area contributed by atoms with Crippen molar-refractivity contribution in [3.05, 3.63) is 22.6 Å². The standard InChI is InChI=1S/C6H12N4O5S/c11-2-1-8-16(14,15)5-9-4-7-3-6(9)10(12)13/h3-4,8,11,14-15H,1-2,5H2. The van der Waals surface area contributed by atoms with Crippen molar-refractivity contribution in [1.29, 1.82) is 0 Å². The molecule has 0 atom stereocenters. The first-order chi connectivity index (χ1) is 7.46. The fourth-order valence-corrected chi connectivity index (χ4v) is 2.11. The third-order valence-electron chi connectivity index (χ3n) is 1.64. The van der Waals surface area contributed by atoms with Crippen LogP contribution in [0, 0.1) is 10.1 Å². The number of nitrogens with one attached hydrogen (secondary N) is 1. The number of aliphatic hydroxyl groups is 1. The van der Waals surface area contributed by atoms with Gasteiger partial charge in [0.1, 0.15) is 6.20 Å². The van der Waals surface area contributed by atoms with Crippen LogP contribution >= 0.6 is 10.8 Å². The molecule has 0 saturated heterocycles. The van der Waals surface area contributed by atoms with E-state index in [1.54, 1.807) is 0 Å². The summed E-state index contributed by atoms with van der Waals surface area (Å²) in [6, 6.07) is 0. The maximum atomic E-state index is 10.5. The normalized spacial score (nSPS) is 12.7. The number of aliphatic hydroxyl groups excluding tert-OH is 1. The third kappa shape index (κ3) is 3.43. The van der Waals surface area contributed by atoms with E-state index in [9.17, 15) is 19.2 Å². The van der Waals surface area contributed by atoms with Crippen molar-refractivity contribution in [3.8, 4) is 0 Å². The van der Waals surface area contributed by atoms with Crippen molar-refractivity contribution in [1.82, 2.24) is 14.3 Å². The molecular formula is C6H12N4O5S. The molecule has 1 heterocycles. The van der Waals surface area contributed by atoms with Gasteiger partial charge in [0.2, 0.25) is 0 Å². The number of rotatable bonds is 6. The Bertz CT molecular complexity index is 368. The van der Waals surface area contributed by atoms with Gasteiger partial charge in [-0.15, -0.1) is 0 Å². The van der Waals surface area contributed by atoms with Crippen LogP contribution in [0.25, 0.3) is 0 Å². The van der Waals surface area contributed by atoms with Crippen LogP contribution in [0.3, 0.4) is 0 Å². The fraction of sp³-hybridized carbons (Fsp3) is 0.500. The van der Waals surface area contributed by atoms with E-state index in [0.717, 1.165) is 17.1 Å². The highest BCUT2D eigenvalue weighted by Crippen LogP contribution is 2.36. The highest BCUT2D eigenvalue weighted by atomic mass is 32.3. The predicted molar refractivity (Wildman–Crippen MR) is 56.8 cm³/mol. The zero-order chi connectivity index (χ0) is 12.2. The predicted octanol–water partition coefficient (Wildman–Crippen LogP) is -0.00370. The molecule has 0 saturated carbocycles. The van der Waals surface area contributed by atoms with Crippen molar-refractivity contribution < 1.29 is 19.1 Å². The van der Waals surface area contributed by atoms with Gasteiger partial charge in [-0.1, -0.05) is 10.8 Å². The van der Waals surface area contributed by atoms with Crippen molar-refractivity contribution in [2.24, 2.45) is 0 Å². The van der Waals surface area contributed by atoms with Gasteiger partial charge >= 0.3 is 5.82 Å². The summed E-state index contributed by atoms with van der Waals surface area (Å²) in [6.45, 7) is -0.271. The van der Waals surface area contributed by atoms with Gasteiger partial charge in [0, 0.05) is 6.54 Å². The molecular weight excluding hydrogens is 240 g/mol. The minimum Gasteiger partial charge on any atom is -0.395 e. The molecule has 1 aromatic heterocycles. The summed E-state index contributed by atoms with van der Waals surface area (Å²) in [5.41, 5.74) is 0. The number of aromatic nitrogens is 2. The molecule has 0 bridgehead atoms. The van der Waals surface area contributed by atoms with Crippen LogP contribution in [-0.2, 0) is 5.88 Å². The highest BCUT2D eigenvalue weighted by Gasteiger charge is 2.20. The third-order valence-corrected chi connectivity index (χ3v) is 2.95. The van der Waals surface area contributed by atoms with Crippen LogP contribution in [0.5, 0.6) is 0 Å². The number of nitrogens with zero attached hydrogens (tertiary/aromatic N) is 3. The first kappa shape index (κ1) is 12.9. The molecule has 0 aliphatic carbocycles. The van der Waals surface area contributed by atoms with E-state index in [0.29, 0.717) is 0 Å². The molecule has 0 radical (unpaired) electrons. The molecule has 0 fully saturated rings. The van der Waals surface area contributed by atoms with E-state index < -0.39 is 15.7 Å². The second-order valence-corrected chi connectivity index (χ2v) is 4.77. The molecule has 0 aliphatic heterocycles. The Morgan fingerprint density at radius 3 is 2.88 bits per heavy atom. The second kappa shape index (κ2) is 5.23. The highest BCUT2D eigenvalue weighted by molar-refractivity contribution is 8.21. The van der Waals surface area contributed by atoms with Gasteiger partial charge in [-0.25, -0.2) is 9.71 Å². The van der Waals surface area contributed by atoms with Crippen molar-refractivity contribution in [3.63, 3.8) is 0 Å². The topological polar surface area (TPSA) is 134 Å². The van der Waals surface area contributed by atoms with Crippen LogP contribution in [0.1, 0.15) is 0 Å². The summed E-state index contributed by atoms with van der Waals surface area (Å²) in [5, 5.41) is 19.0. The van der Waals surface area contributed by atoms with Gasteiger partial charge in [-0.2, -0.15) is 4.57 Å². The van der Waals surface area contributed by atoms with Gasteiger partial charge in [-0.3, -0.25) is 9.11 Å². The molecule has 16 heavy (non-hydrogen) atoms. The lowest BCUT2D eigenvalue weighted by molar-refractivity contribution is -0.391. The van der Waals surface area contributed by atoms with Gasteiger partial charge < -0.3 is 15.2 Å². The molecule has 0 spiro atoms. The molecule has 1 aromatic rings. The molecule has 92 valence electrons. The van der Waals surface area contributed by atoms with Crippen LogP contribution in [-0.4, -0.2) is 41.8 Å². The number of nitro groups is 1. The minimum atomic E-state index is -3.21. The van der Waals surface area contributed by atoms with Gasteiger partial charge in [0.25, 0.3) is 0 Å². The fourth-order valence-electron chi connectivity index (χ4n) is 1.01. The largest absolute Gasteiger partial charge is 0.395 e. The molecule has 10 heteroatoms. The van der Waals surface area contributed by atoms with Crippen LogP contribution in [0.15, 0.2) is 12.5 Å². The van der Waals surface area contributed by atoms with Crippen LogP contribution in [0.2, 0.25) is 0 Å². The van der Waals surface area contributed by atoms with E-state index in [2.05, 4.69) is 9.71 Å². The molecule has 0 aliphatic rings. The summed E-state index contributed by atoms with van der Waals surface area (Å²) >= 11 is 0. The summed E-state index contributed by atoms with van der Waals surface area (Å²) < 4.78 is 22.2. The Kier molecular flexibility index (Phi) is 4.20. The molecule has 0 unspecified atom stereocenters. The molecule has 4 N–H and O–H groups in total. The Balaban J connectivity index is 2.71. The number of imidazole rings is 1. The Hall–Kier alpha value is -1.20. The minimum absolute atomic E-state index is 0.00910. The van der Waals surface area contributed by atoms with Crippen molar-refractivity contribution >= 4 is 16.6 Å². The quantitative estimate of drug-likeness (QED) is 0.413. The summed E-state index contributed by atoms with van der Waals surface area (Å²) in [6.07, 6.45) is 2.15. The maximum Gasteiger partial charge on any atom is 0.343 e. The van der Waals surface area contributed by atoms with Gasteiger partial charge in [0.05, 0.1) is 6.61 Å². The zero-order valence-corrected chi connectivity index (χ0v) is 9.00.